The predicted octanol–water partition coefficient (Wildman–Crippen LogP) is 5.47. The van der Waals surface area contributed by atoms with E-state index in [1.54, 1.807) is 0 Å². The van der Waals surface area contributed by atoms with Crippen molar-refractivity contribution in [1.29, 1.82) is 0 Å². The van der Waals surface area contributed by atoms with Crippen LogP contribution in [-0.4, -0.2) is 44.5 Å². The maximum absolute atomic E-state index is 13.7. The minimum Gasteiger partial charge on any atom is -0.338 e. The maximum Gasteiger partial charge on any atom is 0.268 e. The Hall–Kier alpha value is -3.22. The third-order valence-corrected chi connectivity index (χ3v) is 7.02. The first-order chi connectivity index (χ1) is 16.1. The van der Waals surface area contributed by atoms with E-state index in [0.717, 1.165) is 31.4 Å². The molecular formula is C26H22ClFN4O. The lowest BCUT2D eigenvalue weighted by Gasteiger charge is -2.28. The number of hydrogen-bond acceptors (Lipinski definition) is 3. The smallest absolute Gasteiger partial charge is 0.268 e. The highest BCUT2D eigenvalue weighted by atomic mass is 35.5. The lowest BCUT2D eigenvalue weighted by molar-refractivity contribution is 0.0198. The Morgan fingerprint density at radius 1 is 1.12 bits per heavy atom. The van der Waals surface area contributed by atoms with Crippen molar-refractivity contribution in [2.24, 2.45) is 0 Å². The number of nitrogens with zero attached hydrogens (tertiary/aromatic N) is 3. The molecule has 4 aromatic rings. The van der Waals surface area contributed by atoms with Gasteiger partial charge in [-0.1, -0.05) is 54.1 Å². The van der Waals surface area contributed by atoms with Gasteiger partial charge in [0.2, 0.25) is 0 Å². The summed E-state index contributed by atoms with van der Waals surface area (Å²) in [7, 11) is 0. The van der Waals surface area contributed by atoms with Crippen molar-refractivity contribution >= 4 is 28.5 Å². The largest absolute Gasteiger partial charge is 0.338 e. The molecule has 2 aliphatic rings. The predicted molar refractivity (Wildman–Crippen MR) is 126 cm³/mol. The van der Waals surface area contributed by atoms with Gasteiger partial charge in [0.25, 0.3) is 5.91 Å². The van der Waals surface area contributed by atoms with Crippen LogP contribution in [-0.2, 0) is 6.42 Å². The zero-order valence-corrected chi connectivity index (χ0v) is 18.6. The van der Waals surface area contributed by atoms with Crippen LogP contribution < -0.4 is 0 Å². The number of aromatic nitrogens is 2. The Morgan fingerprint density at radius 3 is 2.70 bits per heavy atom. The molecule has 166 valence electrons. The average molecular weight is 461 g/mol. The van der Waals surface area contributed by atoms with Crippen molar-refractivity contribution in [1.82, 2.24) is 20.0 Å². The highest BCUT2D eigenvalue weighted by Gasteiger charge is 2.46. The zero-order valence-electron chi connectivity index (χ0n) is 17.8. The van der Waals surface area contributed by atoms with Gasteiger partial charge < -0.3 is 4.98 Å². The number of aromatic amines is 1. The molecule has 0 saturated carbocycles. The Balaban J connectivity index is 1.21. The number of carbonyl (C=O) groups excluding carboxylic acids is 1. The van der Waals surface area contributed by atoms with E-state index in [9.17, 15) is 9.18 Å². The molecule has 2 fully saturated rings. The van der Waals surface area contributed by atoms with E-state index >= 15 is 0 Å². The molecule has 3 atom stereocenters. The topological polar surface area (TPSA) is 52.2 Å². The molecule has 5 nitrogen and oxygen atoms in total. The lowest BCUT2D eigenvalue weighted by Crippen LogP contribution is -2.42. The molecule has 33 heavy (non-hydrogen) atoms. The first-order valence-electron chi connectivity index (χ1n) is 11.2. The number of rotatable bonds is 4. The number of hydrogen-bond donors (Lipinski definition) is 1. The van der Waals surface area contributed by atoms with Crippen LogP contribution in [0.2, 0.25) is 5.02 Å². The van der Waals surface area contributed by atoms with Crippen molar-refractivity contribution in [2.75, 3.05) is 6.54 Å². The third-order valence-electron chi connectivity index (χ3n) is 6.73. The number of amides is 1. The van der Waals surface area contributed by atoms with Crippen LogP contribution in [0.5, 0.6) is 0 Å². The van der Waals surface area contributed by atoms with Crippen molar-refractivity contribution in [3.05, 3.63) is 88.7 Å². The number of imidazole rings is 1. The Morgan fingerprint density at radius 2 is 1.91 bits per heavy atom. The first kappa shape index (κ1) is 20.4. The van der Waals surface area contributed by atoms with E-state index in [-0.39, 0.29) is 17.0 Å². The average Bonchev–Trinajstić information content (AvgIpc) is 3.52. The summed E-state index contributed by atoms with van der Waals surface area (Å²) < 4.78 is 13.7. The van der Waals surface area contributed by atoms with Crippen molar-refractivity contribution < 1.29 is 9.18 Å². The molecule has 6 rings (SSSR count). The molecule has 1 N–H and O–H groups in total. The summed E-state index contributed by atoms with van der Waals surface area (Å²) >= 11 is 5.87. The molecule has 7 heteroatoms. The summed E-state index contributed by atoms with van der Waals surface area (Å²) in [6, 6.07) is 21.4. The summed E-state index contributed by atoms with van der Waals surface area (Å²) in [4.78, 5) is 21.0. The molecule has 2 saturated heterocycles. The maximum atomic E-state index is 13.7. The zero-order chi connectivity index (χ0) is 22.5. The summed E-state index contributed by atoms with van der Waals surface area (Å²) in [5, 5.41) is 4.27. The van der Waals surface area contributed by atoms with Gasteiger partial charge in [0, 0.05) is 29.8 Å². The van der Waals surface area contributed by atoms with Crippen LogP contribution in [0.25, 0.3) is 22.4 Å². The number of halogens is 2. The fourth-order valence-electron chi connectivity index (χ4n) is 5.13. The Bertz CT molecular complexity index is 1300. The van der Waals surface area contributed by atoms with Crippen LogP contribution in [0.1, 0.15) is 28.8 Å². The van der Waals surface area contributed by atoms with E-state index in [4.69, 9.17) is 11.6 Å². The van der Waals surface area contributed by atoms with Crippen molar-refractivity contribution in [2.45, 2.75) is 31.3 Å². The van der Waals surface area contributed by atoms with E-state index < -0.39 is 5.82 Å². The van der Waals surface area contributed by atoms with E-state index in [2.05, 4.69) is 39.2 Å². The van der Waals surface area contributed by atoms with Gasteiger partial charge in [-0.15, -0.1) is 0 Å². The Labute approximate surface area is 195 Å². The van der Waals surface area contributed by atoms with Gasteiger partial charge in [-0.2, -0.15) is 0 Å². The van der Waals surface area contributed by atoms with Gasteiger partial charge in [0.1, 0.15) is 11.6 Å². The lowest BCUT2D eigenvalue weighted by atomic mass is 9.97. The molecule has 0 spiro atoms. The van der Waals surface area contributed by atoms with Crippen LogP contribution >= 0.6 is 11.6 Å². The standard InChI is InChI=1S/C26H22ClFN4O/c27-21-14-23-24(15-22(21)28)30-25(29-23)17-6-8-18(9-7-17)26(33)32-19-10-11-31(32)20(13-19)12-16-4-2-1-3-5-16/h1-9,14-15,19-20H,10-13H2,(H,29,30). The summed E-state index contributed by atoms with van der Waals surface area (Å²) in [6.07, 6.45) is 2.99. The number of fused-ring (bicyclic) bond motifs is 3. The minimum atomic E-state index is -0.485. The fourth-order valence-corrected chi connectivity index (χ4v) is 5.29. The van der Waals surface area contributed by atoms with Gasteiger partial charge in [0.05, 0.1) is 22.1 Å². The molecule has 1 amide bonds. The van der Waals surface area contributed by atoms with Gasteiger partial charge in [-0.05, 0) is 43.0 Å². The molecule has 1 aromatic heterocycles. The SMILES string of the molecule is O=C(c1ccc(-c2nc3cc(Cl)c(F)cc3[nH]2)cc1)N1C2CCN1C(Cc1ccccc1)C2. The molecular weight excluding hydrogens is 439 g/mol. The number of hydrazine groups is 1. The number of piperidine rings is 1. The van der Waals surface area contributed by atoms with Crippen LogP contribution in [0.3, 0.4) is 0 Å². The minimum absolute atomic E-state index is 0.0399. The van der Waals surface area contributed by atoms with E-state index in [0.29, 0.717) is 28.5 Å². The monoisotopic (exact) mass is 460 g/mol. The molecule has 3 heterocycles. The van der Waals surface area contributed by atoms with Crippen LogP contribution in [0.4, 0.5) is 4.39 Å². The van der Waals surface area contributed by atoms with Gasteiger partial charge in [-0.25, -0.2) is 14.4 Å². The molecule has 2 bridgehead atoms. The van der Waals surface area contributed by atoms with E-state index in [1.165, 1.54) is 17.7 Å². The van der Waals surface area contributed by atoms with Crippen LogP contribution in [0, 0.1) is 5.82 Å². The van der Waals surface area contributed by atoms with E-state index in [1.807, 2.05) is 35.3 Å². The Kier molecular flexibility index (Phi) is 4.93. The molecule has 0 radical (unpaired) electrons. The first-order valence-corrected chi connectivity index (χ1v) is 11.5. The highest BCUT2D eigenvalue weighted by Crippen LogP contribution is 2.36. The molecule has 3 unspecified atom stereocenters. The van der Waals surface area contributed by atoms with Crippen molar-refractivity contribution in [3.63, 3.8) is 0 Å². The second kappa shape index (κ2) is 7.97. The normalized spacial score (nSPS) is 21.8. The number of nitrogens with one attached hydrogen (secondary N) is 1. The molecule has 0 aliphatic carbocycles. The second-order valence-electron chi connectivity index (χ2n) is 8.78. The third kappa shape index (κ3) is 3.59. The highest BCUT2D eigenvalue weighted by molar-refractivity contribution is 6.31. The van der Waals surface area contributed by atoms with Gasteiger partial charge >= 0.3 is 0 Å². The quantitative estimate of drug-likeness (QED) is 0.439. The van der Waals surface area contributed by atoms with Crippen molar-refractivity contribution in [3.8, 4) is 11.4 Å². The van der Waals surface area contributed by atoms with Gasteiger partial charge in [-0.3, -0.25) is 9.80 Å². The molecule has 2 aliphatic heterocycles. The molecule has 3 aromatic carbocycles. The van der Waals surface area contributed by atoms with Gasteiger partial charge in [0.15, 0.2) is 0 Å². The summed E-state index contributed by atoms with van der Waals surface area (Å²) in [6.45, 7) is 0.921. The number of carbonyl (C=O) groups is 1. The van der Waals surface area contributed by atoms with Crippen LogP contribution in [0.15, 0.2) is 66.7 Å². The second-order valence-corrected chi connectivity index (χ2v) is 9.19. The summed E-state index contributed by atoms with van der Waals surface area (Å²) in [5.74, 6) is 0.165. The fraction of sp³-hybridized carbons (Fsp3) is 0.231. The number of H-pyrrole nitrogens is 1. The summed E-state index contributed by atoms with van der Waals surface area (Å²) in [5.41, 5.74) is 3.96. The number of benzene rings is 3.